The number of benzene rings is 2. The van der Waals surface area contributed by atoms with Crippen molar-refractivity contribution in [1.29, 1.82) is 0 Å². The van der Waals surface area contributed by atoms with Crippen LogP contribution in [0.4, 0.5) is 18.9 Å². The Morgan fingerprint density at radius 2 is 1.88 bits per heavy atom. The molecule has 178 valence electrons. The molecule has 12 heteroatoms. The van der Waals surface area contributed by atoms with Crippen molar-refractivity contribution < 1.29 is 35.9 Å². The van der Waals surface area contributed by atoms with Gasteiger partial charge in [0.05, 0.1) is 29.3 Å². The van der Waals surface area contributed by atoms with Crippen LogP contribution in [0.25, 0.3) is 0 Å². The largest absolute Gasteiger partial charge is 0.491 e. The number of carbonyl (C=O) groups excluding carboxylic acids is 2. The second-order valence-corrected chi connectivity index (χ2v) is 9.16. The lowest BCUT2D eigenvalue weighted by Gasteiger charge is -2.25. The van der Waals surface area contributed by atoms with Gasteiger partial charge in [-0.25, -0.2) is 8.42 Å². The lowest BCUT2D eigenvalue weighted by molar-refractivity contribution is -0.137. The first-order chi connectivity index (χ1) is 15.5. The number of hydrogen-bond donors (Lipinski definition) is 2. The van der Waals surface area contributed by atoms with Crippen LogP contribution in [0, 0.1) is 0 Å². The van der Waals surface area contributed by atoms with Gasteiger partial charge in [-0.3, -0.25) is 9.59 Å². The lowest BCUT2D eigenvalue weighted by atomic mass is 10.1. The standard InChI is InChI=1S/C21H22F3N3O5S/c1-2-11-32-18-8-5-15(21(22,23)24)12-17(18)26-20(29)14-3-6-16(7-4-14)33(30,31)27-10-9-25-19(28)13-27/h3-8,12H,2,9-11,13H2,1H3,(H,25,28)(H,26,29). The Balaban J connectivity index is 1.81. The van der Waals surface area contributed by atoms with Gasteiger partial charge in [0.15, 0.2) is 0 Å². The van der Waals surface area contributed by atoms with Crippen molar-refractivity contribution in [3.05, 3.63) is 53.6 Å². The zero-order chi connectivity index (χ0) is 24.2. The molecule has 0 spiro atoms. The van der Waals surface area contributed by atoms with E-state index in [0.717, 1.165) is 22.5 Å². The molecule has 1 aliphatic heterocycles. The number of nitrogens with zero attached hydrogens (tertiary/aromatic N) is 1. The Morgan fingerprint density at radius 1 is 1.18 bits per heavy atom. The molecule has 2 aromatic rings. The number of nitrogens with one attached hydrogen (secondary N) is 2. The van der Waals surface area contributed by atoms with Gasteiger partial charge in [0, 0.05) is 18.7 Å². The molecule has 2 aromatic carbocycles. The molecule has 8 nitrogen and oxygen atoms in total. The van der Waals surface area contributed by atoms with Crippen molar-refractivity contribution in [3.63, 3.8) is 0 Å². The summed E-state index contributed by atoms with van der Waals surface area (Å²) >= 11 is 0. The van der Waals surface area contributed by atoms with Crippen molar-refractivity contribution in [2.45, 2.75) is 24.4 Å². The van der Waals surface area contributed by atoms with E-state index in [4.69, 9.17) is 4.74 Å². The molecule has 0 unspecified atom stereocenters. The lowest BCUT2D eigenvalue weighted by Crippen LogP contribution is -2.49. The summed E-state index contributed by atoms with van der Waals surface area (Å²) in [7, 11) is -3.94. The van der Waals surface area contributed by atoms with Gasteiger partial charge in [-0.2, -0.15) is 17.5 Å². The first kappa shape index (κ1) is 24.5. The number of amides is 2. The molecule has 3 rings (SSSR count). The van der Waals surface area contributed by atoms with Crippen molar-refractivity contribution in [3.8, 4) is 5.75 Å². The third-order valence-corrected chi connectivity index (χ3v) is 6.63. The molecule has 33 heavy (non-hydrogen) atoms. The topological polar surface area (TPSA) is 105 Å². The van der Waals surface area contributed by atoms with Gasteiger partial charge in [0.1, 0.15) is 5.75 Å². The van der Waals surface area contributed by atoms with E-state index in [9.17, 15) is 31.2 Å². The van der Waals surface area contributed by atoms with Gasteiger partial charge in [-0.05, 0) is 48.9 Å². The Hall–Kier alpha value is -3.12. The SMILES string of the molecule is CCCOc1ccc(C(F)(F)F)cc1NC(=O)c1ccc(S(=O)(=O)N2CCNC(=O)C2)cc1. The van der Waals surface area contributed by atoms with Crippen LogP contribution in [-0.2, 0) is 21.0 Å². The highest BCUT2D eigenvalue weighted by Crippen LogP contribution is 2.35. The molecule has 2 N–H and O–H groups in total. The van der Waals surface area contributed by atoms with E-state index in [1.807, 2.05) is 6.92 Å². The molecule has 0 bridgehead atoms. The summed E-state index contributed by atoms with van der Waals surface area (Å²) in [6, 6.07) is 7.68. The first-order valence-electron chi connectivity index (χ1n) is 10.0. The van der Waals surface area contributed by atoms with Crippen LogP contribution in [0.3, 0.4) is 0 Å². The average molecular weight is 485 g/mol. The molecule has 1 fully saturated rings. The molecule has 0 aliphatic carbocycles. The van der Waals surface area contributed by atoms with Gasteiger partial charge in [0.2, 0.25) is 15.9 Å². The summed E-state index contributed by atoms with van der Waals surface area (Å²) in [6.07, 6.45) is -3.99. The number of hydrogen-bond acceptors (Lipinski definition) is 5. The zero-order valence-corrected chi connectivity index (χ0v) is 18.4. The van der Waals surface area contributed by atoms with Crippen molar-refractivity contribution in [2.24, 2.45) is 0 Å². The van der Waals surface area contributed by atoms with Crippen LogP contribution in [0.5, 0.6) is 5.75 Å². The minimum Gasteiger partial charge on any atom is -0.491 e. The highest BCUT2D eigenvalue weighted by molar-refractivity contribution is 7.89. The Bertz CT molecular complexity index is 1130. The molecule has 0 saturated carbocycles. The molecule has 0 atom stereocenters. The number of alkyl halides is 3. The zero-order valence-electron chi connectivity index (χ0n) is 17.6. The molecule has 2 amide bonds. The predicted octanol–water partition coefficient (Wildman–Crippen LogP) is 2.87. The minimum atomic E-state index is -4.61. The maximum absolute atomic E-state index is 13.1. The highest BCUT2D eigenvalue weighted by Gasteiger charge is 2.32. The van der Waals surface area contributed by atoms with Crippen LogP contribution in [0.15, 0.2) is 47.4 Å². The quantitative estimate of drug-likeness (QED) is 0.628. The fraction of sp³-hybridized carbons (Fsp3) is 0.333. The number of piperazine rings is 1. The summed E-state index contributed by atoms with van der Waals surface area (Å²) in [5.41, 5.74) is -1.07. The molecular formula is C21H22F3N3O5S. The van der Waals surface area contributed by atoms with E-state index in [-0.39, 0.29) is 48.1 Å². The maximum Gasteiger partial charge on any atom is 0.416 e. The molecule has 0 aromatic heterocycles. The number of rotatable bonds is 7. The molecule has 1 aliphatic rings. The van der Waals surface area contributed by atoms with E-state index < -0.39 is 33.6 Å². The van der Waals surface area contributed by atoms with E-state index in [1.54, 1.807) is 0 Å². The van der Waals surface area contributed by atoms with Crippen LogP contribution in [-0.4, -0.2) is 50.8 Å². The smallest absolute Gasteiger partial charge is 0.416 e. The van der Waals surface area contributed by atoms with Gasteiger partial charge >= 0.3 is 6.18 Å². The number of ether oxygens (including phenoxy) is 1. The van der Waals surface area contributed by atoms with E-state index in [2.05, 4.69) is 10.6 Å². The average Bonchev–Trinajstić information content (AvgIpc) is 2.77. The number of anilines is 1. The van der Waals surface area contributed by atoms with Crippen LogP contribution in [0.1, 0.15) is 29.3 Å². The molecule has 1 saturated heterocycles. The maximum atomic E-state index is 13.1. The fourth-order valence-corrected chi connectivity index (χ4v) is 4.48. The van der Waals surface area contributed by atoms with E-state index in [1.165, 1.54) is 24.3 Å². The van der Waals surface area contributed by atoms with Crippen LogP contribution >= 0.6 is 0 Å². The fourth-order valence-electron chi connectivity index (χ4n) is 3.08. The van der Waals surface area contributed by atoms with Crippen LogP contribution < -0.4 is 15.4 Å². The second kappa shape index (κ2) is 9.79. The third-order valence-electron chi connectivity index (χ3n) is 4.77. The van der Waals surface area contributed by atoms with Crippen molar-refractivity contribution in [2.75, 3.05) is 31.6 Å². The second-order valence-electron chi connectivity index (χ2n) is 7.22. The molecular weight excluding hydrogens is 463 g/mol. The predicted molar refractivity (Wildman–Crippen MR) is 113 cm³/mol. The molecule has 0 radical (unpaired) electrons. The van der Waals surface area contributed by atoms with E-state index in [0.29, 0.717) is 6.42 Å². The summed E-state index contributed by atoms with van der Waals surface area (Å²) in [4.78, 5) is 24.0. The van der Waals surface area contributed by atoms with Crippen LogP contribution in [0.2, 0.25) is 0 Å². The van der Waals surface area contributed by atoms with Crippen molar-refractivity contribution in [1.82, 2.24) is 9.62 Å². The number of halogens is 3. The highest BCUT2D eigenvalue weighted by atomic mass is 32.2. The Kier molecular flexibility index (Phi) is 7.28. The van der Waals surface area contributed by atoms with Gasteiger partial charge in [0.25, 0.3) is 5.91 Å². The minimum absolute atomic E-state index is 0.0317. The Labute approximate surface area is 188 Å². The van der Waals surface area contributed by atoms with E-state index >= 15 is 0 Å². The van der Waals surface area contributed by atoms with Crippen molar-refractivity contribution >= 4 is 27.5 Å². The first-order valence-corrected chi connectivity index (χ1v) is 11.5. The Morgan fingerprint density at radius 3 is 2.48 bits per heavy atom. The molecule has 1 heterocycles. The van der Waals surface area contributed by atoms with Gasteiger partial charge in [-0.15, -0.1) is 0 Å². The number of carbonyl (C=O) groups is 2. The normalized spacial score (nSPS) is 15.1. The summed E-state index contributed by atoms with van der Waals surface area (Å²) in [6.45, 7) is 2.08. The van der Waals surface area contributed by atoms with Gasteiger partial charge < -0.3 is 15.4 Å². The van der Waals surface area contributed by atoms with Gasteiger partial charge in [-0.1, -0.05) is 6.92 Å². The summed E-state index contributed by atoms with van der Waals surface area (Å²) < 4.78 is 71.2. The summed E-state index contributed by atoms with van der Waals surface area (Å²) in [5.74, 6) is -1.07. The number of sulfonamides is 1. The monoisotopic (exact) mass is 485 g/mol. The summed E-state index contributed by atoms with van der Waals surface area (Å²) in [5, 5.41) is 4.93. The third kappa shape index (κ3) is 5.82.